The Labute approximate surface area is 110 Å². The number of hydrogen-bond acceptors (Lipinski definition) is 6. The van der Waals surface area contributed by atoms with Gasteiger partial charge in [-0.25, -0.2) is 9.59 Å². The maximum atomic E-state index is 11.5. The van der Waals surface area contributed by atoms with Crippen molar-refractivity contribution in [2.75, 3.05) is 19.1 Å². The summed E-state index contributed by atoms with van der Waals surface area (Å²) in [7, 11) is 4.27. The molecule has 0 fully saturated rings. The van der Waals surface area contributed by atoms with E-state index in [0.29, 0.717) is 5.75 Å². The van der Waals surface area contributed by atoms with Crippen molar-refractivity contribution in [1.29, 1.82) is 0 Å². The summed E-state index contributed by atoms with van der Waals surface area (Å²) in [5.41, 5.74) is -0.586. The molecular formula is C10H19NO4S2. The molecule has 0 aromatic rings. The highest BCUT2D eigenvalue weighted by Crippen LogP contribution is 2.18. The molecule has 0 aliphatic heterocycles. The number of ether oxygens (including phenoxy) is 2. The van der Waals surface area contributed by atoms with E-state index in [4.69, 9.17) is 4.74 Å². The Hall–Kier alpha value is -0.560. The van der Waals surface area contributed by atoms with Gasteiger partial charge >= 0.3 is 12.1 Å². The third kappa shape index (κ3) is 8.20. The smallest absolute Gasteiger partial charge is 0.408 e. The van der Waals surface area contributed by atoms with E-state index in [9.17, 15) is 9.59 Å². The Morgan fingerprint density at radius 1 is 1.35 bits per heavy atom. The van der Waals surface area contributed by atoms with Crippen molar-refractivity contribution in [3.63, 3.8) is 0 Å². The van der Waals surface area contributed by atoms with Gasteiger partial charge in [0.25, 0.3) is 0 Å². The van der Waals surface area contributed by atoms with Gasteiger partial charge in [0.2, 0.25) is 0 Å². The molecule has 0 aliphatic rings. The first-order chi connectivity index (χ1) is 7.80. The molecular weight excluding hydrogens is 262 g/mol. The molecule has 0 aromatic heterocycles. The van der Waals surface area contributed by atoms with E-state index in [2.05, 4.69) is 10.1 Å². The van der Waals surface area contributed by atoms with Gasteiger partial charge < -0.3 is 14.8 Å². The third-order valence-electron chi connectivity index (χ3n) is 1.53. The molecule has 0 rings (SSSR count). The molecule has 5 nitrogen and oxygen atoms in total. The Morgan fingerprint density at radius 3 is 2.35 bits per heavy atom. The highest BCUT2D eigenvalue weighted by atomic mass is 33.1. The van der Waals surface area contributed by atoms with Crippen LogP contribution in [-0.4, -0.2) is 42.8 Å². The van der Waals surface area contributed by atoms with Crippen LogP contribution in [0.15, 0.2) is 0 Å². The summed E-state index contributed by atoms with van der Waals surface area (Å²) >= 11 is 0. The van der Waals surface area contributed by atoms with Crippen LogP contribution >= 0.6 is 21.6 Å². The van der Waals surface area contributed by atoms with E-state index in [1.165, 1.54) is 28.7 Å². The van der Waals surface area contributed by atoms with E-state index in [1.807, 2.05) is 6.26 Å². The standard InChI is InChI=1S/C10H19NO4S2/c1-10(2,3)15-9(13)11-7(6-17-16-5)8(12)14-4/h7H,6H2,1-5H3,(H,11,13)/t7-/m0/s1. The first kappa shape index (κ1) is 16.4. The van der Waals surface area contributed by atoms with Crippen molar-refractivity contribution in [2.24, 2.45) is 0 Å². The van der Waals surface area contributed by atoms with Crippen molar-refractivity contribution in [2.45, 2.75) is 32.4 Å². The molecule has 17 heavy (non-hydrogen) atoms. The van der Waals surface area contributed by atoms with Crippen LogP contribution in [0.5, 0.6) is 0 Å². The molecule has 0 bridgehead atoms. The molecule has 0 spiro atoms. The van der Waals surface area contributed by atoms with E-state index in [1.54, 1.807) is 20.8 Å². The highest BCUT2D eigenvalue weighted by Gasteiger charge is 2.24. The quantitative estimate of drug-likeness (QED) is 0.615. The molecule has 1 N–H and O–H groups in total. The summed E-state index contributed by atoms with van der Waals surface area (Å²) in [5.74, 6) is -0.0370. The zero-order chi connectivity index (χ0) is 13.5. The van der Waals surface area contributed by atoms with E-state index < -0.39 is 23.7 Å². The minimum absolute atomic E-state index is 0.438. The maximum absolute atomic E-state index is 11.5. The summed E-state index contributed by atoms with van der Waals surface area (Å²) in [6, 6.07) is -0.688. The van der Waals surface area contributed by atoms with Crippen LogP contribution in [0.2, 0.25) is 0 Å². The van der Waals surface area contributed by atoms with Gasteiger partial charge in [-0.1, -0.05) is 21.6 Å². The predicted octanol–water partition coefficient (Wildman–Crippen LogP) is 2.06. The Bertz CT molecular complexity index is 266. The molecule has 7 heteroatoms. The van der Waals surface area contributed by atoms with Crippen molar-refractivity contribution in [3.05, 3.63) is 0 Å². The Morgan fingerprint density at radius 2 is 1.94 bits per heavy atom. The number of alkyl carbamates (subject to hydrolysis) is 1. The van der Waals surface area contributed by atoms with E-state index in [-0.39, 0.29) is 0 Å². The topological polar surface area (TPSA) is 64.6 Å². The lowest BCUT2D eigenvalue weighted by molar-refractivity contribution is -0.142. The van der Waals surface area contributed by atoms with Gasteiger partial charge in [-0.2, -0.15) is 0 Å². The first-order valence-electron chi connectivity index (χ1n) is 5.03. The fourth-order valence-corrected chi connectivity index (χ4v) is 2.20. The molecule has 0 heterocycles. The molecule has 0 aliphatic carbocycles. The zero-order valence-corrected chi connectivity index (χ0v) is 12.4. The summed E-state index contributed by atoms with van der Waals surface area (Å²) < 4.78 is 9.68. The largest absolute Gasteiger partial charge is 0.467 e. The SMILES string of the molecule is COC(=O)[C@H](CSSC)NC(=O)OC(C)(C)C. The van der Waals surface area contributed by atoms with Crippen molar-refractivity contribution in [3.8, 4) is 0 Å². The number of hydrogen-bond donors (Lipinski definition) is 1. The van der Waals surface area contributed by atoms with Gasteiger partial charge in [0.1, 0.15) is 11.6 Å². The summed E-state index contributed by atoms with van der Waals surface area (Å²) in [5, 5.41) is 2.49. The Kier molecular flexibility index (Phi) is 7.45. The number of amides is 1. The average molecular weight is 281 g/mol. The molecule has 0 saturated heterocycles. The normalized spacial score (nSPS) is 12.8. The van der Waals surface area contributed by atoms with Crippen molar-refractivity contribution >= 4 is 33.7 Å². The van der Waals surface area contributed by atoms with Gasteiger partial charge in [-0.15, -0.1) is 0 Å². The fourth-order valence-electron chi connectivity index (χ4n) is 0.897. The van der Waals surface area contributed by atoms with Gasteiger partial charge in [-0.05, 0) is 27.0 Å². The minimum atomic E-state index is -0.688. The second-order valence-corrected chi connectivity index (χ2v) is 6.78. The van der Waals surface area contributed by atoms with Crippen LogP contribution < -0.4 is 5.32 Å². The lowest BCUT2D eigenvalue weighted by Gasteiger charge is -2.22. The number of nitrogens with one attached hydrogen (secondary N) is 1. The molecule has 1 amide bonds. The number of methoxy groups -OCH3 is 1. The van der Waals surface area contributed by atoms with Crippen LogP contribution in [0.4, 0.5) is 4.79 Å². The van der Waals surface area contributed by atoms with Crippen LogP contribution in [-0.2, 0) is 14.3 Å². The van der Waals surface area contributed by atoms with Crippen molar-refractivity contribution < 1.29 is 19.1 Å². The fraction of sp³-hybridized carbons (Fsp3) is 0.800. The maximum Gasteiger partial charge on any atom is 0.408 e. The lowest BCUT2D eigenvalue weighted by Crippen LogP contribution is -2.45. The van der Waals surface area contributed by atoms with E-state index >= 15 is 0 Å². The highest BCUT2D eigenvalue weighted by molar-refractivity contribution is 8.76. The summed E-state index contributed by atoms with van der Waals surface area (Å²) in [4.78, 5) is 22.9. The van der Waals surface area contributed by atoms with Gasteiger partial charge in [-0.3, -0.25) is 0 Å². The van der Waals surface area contributed by atoms with E-state index in [0.717, 1.165) is 0 Å². The third-order valence-corrected chi connectivity index (χ3v) is 3.35. The predicted molar refractivity (Wildman–Crippen MR) is 71.1 cm³/mol. The molecule has 0 radical (unpaired) electrons. The molecule has 0 saturated carbocycles. The van der Waals surface area contributed by atoms with Gasteiger partial charge in [0, 0.05) is 5.75 Å². The van der Waals surface area contributed by atoms with Gasteiger partial charge in [0.05, 0.1) is 7.11 Å². The lowest BCUT2D eigenvalue weighted by atomic mass is 10.2. The van der Waals surface area contributed by atoms with Crippen LogP contribution in [0, 0.1) is 0 Å². The van der Waals surface area contributed by atoms with Crippen LogP contribution in [0.25, 0.3) is 0 Å². The summed E-state index contributed by atoms with van der Waals surface area (Å²) in [6.45, 7) is 5.28. The Balaban J connectivity index is 4.32. The second-order valence-electron chi connectivity index (χ2n) is 4.17. The number of esters is 1. The summed E-state index contributed by atoms with van der Waals surface area (Å²) in [6.07, 6.45) is 1.28. The molecule has 1 atom stereocenters. The molecule has 0 unspecified atom stereocenters. The van der Waals surface area contributed by atoms with Crippen LogP contribution in [0.3, 0.4) is 0 Å². The molecule has 0 aromatic carbocycles. The zero-order valence-electron chi connectivity index (χ0n) is 10.7. The minimum Gasteiger partial charge on any atom is -0.467 e. The number of carbonyl (C=O) groups excluding carboxylic acids is 2. The van der Waals surface area contributed by atoms with Crippen LogP contribution in [0.1, 0.15) is 20.8 Å². The van der Waals surface area contributed by atoms with Gasteiger partial charge in [0.15, 0.2) is 0 Å². The van der Waals surface area contributed by atoms with Crippen molar-refractivity contribution in [1.82, 2.24) is 5.32 Å². The second kappa shape index (κ2) is 7.71. The monoisotopic (exact) mass is 281 g/mol. The number of rotatable bonds is 5. The average Bonchev–Trinajstić information content (AvgIpc) is 2.20. The molecule has 100 valence electrons. The first-order valence-corrected chi connectivity index (χ1v) is 7.76. The number of carbonyl (C=O) groups is 2.